The van der Waals surface area contributed by atoms with Crippen molar-refractivity contribution in [2.24, 2.45) is 0 Å². The van der Waals surface area contributed by atoms with Crippen LogP contribution in [0.3, 0.4) is 0 Å². The highest BCUT2D eigenvalue weighted by molar-refractivity contribution is 9.10. The van der Waals surface area contributed by atoms with Crippen molar-refractivity contribution in [3.05, 3.63) is 34.3 Å². The van der Waals surface area contributed by atoms with Crippen molar-refractivity contribution in [3.8, 4) is 0 Å². The van der Waals surface area contributed by atoms with Crippen LogP contribution in [0.15, 0.2) is 23.2 Å². The van der Waals surface area contributed by atoms with Crippen LogP contribution in [0.4, 0.5) is 5.69 Å². The number of benzene rings is 1. The van der Waals surface area contributed by atoms with Gasteiger partial charge in [-0.1, -0.05) is 18.7 Å². The summed E-state index contributed by atoms with van der Waals surface area (Å²) in [6.45, 7) is 3.65. The standard InChI is InChI=1S/C10H10BrNO2/c1-3-6-4-5-7(10(13)14)8(11)9(6)12-2/h3-5,12H,1H2,2H3,(H,13,14). The number of carboxylic acids is 1. The fourth-order valence-corrected chi connectivity index (χ4v) is 1.91. The molecule has 0 aliphatic heterocycles. The SMILES string of the molecule is C=Cc1ccc(C(=O)O)c(Br)c1NC. The molecule has 0 unspecified atom stereocenters. The van der Waals surface area contributed by atoms with Crippen LogP contribution in [0.5, 0.6) is 0 Å². The van der Waals surface area contributed by atoms with Crippen LogP contribution in [0.25, 0.3) is 6.08 Å². The van der Waals surface area contributed by atoms with Gasteiger partial charge < -0.3 is 10.4 Å². The topological polar surface area (TPSA) is 49.3 Å². The third-order valence-electron chi connectivity index (χ3n) is 1.87. The van der Waals surface area contributed by atoms with Gasteiger partial charge in [0.05, 0.1) is 15.7 Å². The Morgan fingerprint density at radius 2 is 2.29 bits per heavy atom. The first-order valence-corrected chi connectivity index (χ1v) is 4.77. The molecule has 3 nitrogen and oxygen atoms in total. The molecule has 14 heavy (non-hydrogen) atoms. The van der Waals surface area contributed by atoms with E-state index in [1.165, 1.54) is 0 Å². The van der Waals surface area contributed by atoms with Crippen molar-refractivity contribution in [3.63, 3.8) is 0 Å². The fraction of sp³-hybridized carbons (Fsp3) is 0.100. The minimum absolute atomic E-state index is 0.236. The van der Waals surface area contributed by atoms with E-state index in [1.807, 2.05) is 0 Å². The van der Waals surface area contributed by atoms with Gasteiger partial charge in [-0.2, -0.15) is 0 Å². The van der Waals surface area contributed by atoms with Crippen LogP contribution in [0.2, 0.25) is 0 Å². The molecule has 1 rings (SSSR count). The molecule has 0 spiro atoms. The molecule has 4 heteroatoms. The summed E-state index contributed by atoms with van der Waals surface area (Å²) in [7, 11) is 1.73. The molecule has 0 aliphatic carbocycles. The Kier molecular flexibility index (Phi) is 3.30. The van der Waals surface area contributed by atoms with Gasteiger partial charge in [0.1, 0.15) is 0 Å². The number of hydrogen-bond donors (Lipinski definition) is 2. The summed E-state index contributed by atoms with van der Waals surface area (Å²) in [6.07, 6.45) is 1.67. The minimum atomic E-state index is -0.955. The summed E-state index contributed by atoms with van der Waals surface area (Å²) in [5.74, 6) is -0.955. The average molecular weight is 256 g/mol. The van der Waals surface area contributed by atoms with Crippen molar-refractivity contribution >= 4 is 33.7 Å². The maximum Gasteiger partial charge on any atom is 0.336 e. The van der Waals surface area contributed by atoms with E-state index in [0.29, 0.717) is 4.47 Å². The maximum absolute atomic E-state index is 10.8. The molecule has 2 N–H and O–H groups in total. The van der Waals surface area contributed by atoms with Gasteiger partial charge in [0.2, 0.25) is 0 Å². The van der Waals surface area contributed by atoms with E-state index in [0.717, 1.165) is 11.3 Å². The Balaban J connectivity index is 3.42. The zero-order chi connectivity index (χ0) is 10.7. The predicted octanol–water partition coefficient (Wildman–Crippen LogP) is 2.83. The first-order chi connectivity index (χ1) is 6.61. The number of carboxylic acid groups (broad SMARTS) is 1. The normalized spacial score (nSPS) is 9.57. The van der Waals surface area contributed by atoms with Gasteiger partial charge in [-0.15, -0.1) is 0 Å². The van der Waals surface area contributed by atoms with Crippen molar-refractivity contribution in [2.45, 2.75) is 0 Å². The van der Waals surface area contributed by atoms with Gasteiger partial charge >= 0.3 is 5.97 Å². The number of aromatic carboxylic acids is 1. The summed E-state index contributed by atoms with van der Waals surface area (Å²) in [6, 6.07) is 3.26. The molecular formula is C10H10BrNO2. The molecule has 0 fully saturated rings. The third kappa shape index (κ3) is 1.80. The molecule has 1 aromatic rings. The van der Waals surface area contributed by atoms with Crippen molar-refractivity contribution in [2.75, 3.05) is 12.4 Å². The zero-order valence-corrected chi connectivity index (χ0v) is 9.26. The van der Waals surface area contributed by atoms with Gasteiger partial charge in [-0.3, -0.25) is 0 Å². The lowest BCUT2D eigenvalue weighted by Gasteiger charge is -2.10. The van der Waals surface area contributed by atoms with Crippen molar-refractivity contribution < 1.29 is 9.90 Å². The number of halogens is 1. The largest absolute Gasteiger partial charge is 0.478 e. The molecule has 0 atom stereocenters. The molecule has 0 saturated carbocycles. The minimum Gasteiger partial charge on any atom is -0.478 e. The first kappa shape index (κ1) is 10.8. The van der Waals surface area contributed by atoms with Crippen molar-refractivity contribution in [1.82, 2.24) is 0 Å². The van der Waals surface area contributed by atoms with Crippen LogP contribution in [0, 0.1) is 0 Å². The Hall–Kier alpha value is -1.29. The van der Waals surface area contributed by atoms with Crippen molar-refractivity contribution in [1.29, 1.82) is 0 Å². The van der Waals surface area contributed by atoms with Gasteiger partial charge in [-0.25, -0.2) is 4.79 Å². The Morgan fingerprint density at radius 3 is 2.71 bits per heavy atom. The third-order valence-corrected chi connectivity index (χ3v) is 2.70. The van der Waals surface area contributed by atoms with E-state index >= 15 is 0 Å². The number of hydrogen-bond acceptors (Lipinski definition) is 2. The Bertz CT molecular complexity index is 388. The predicted molar refractivity (Wildman–Crippen MR) is 60.7 cm³/mol. The highest BCUT2D eigenvalue weighted by atomic mass is 79.9. The molecule has 0 heterocycles. The van der Waals surface area contributed by atoms with Crippen LogP contribution in [0.1, 0.15) is 15.9 Å². The summed E-state index contributed by atoms with van der Waals surface area (Å²) in [5.41, 5.74) is 1.84. The zero-order valence-electron chi connectivity index (χ0n) is 7.67. The summed E-state index contributed by atoms with van der Waals surface area (Å²) in [5, 5.41) is 11.8. The monoisotopic (exact) mass is 255 g/mol. The average Bonchev–Trinajstić information content (AvgIpc) is 2.16. The van der Waals surface area contributed by atoms with E-state index in [-0.39, 0.29) is 5.56 Å². The first-order valence-electron chi connectivity index (χ1n) is 3.97. The second-order valence-electron chi connectivity index (χ2n) is 2.65. The molecule has 74 valence electrons. The highest BCUT2D eigenvalue weighted by Gasteiger charge is 2.13. The summed E-state index contributed by atoms with van der Waals surface area (Å²) < 4.78 is 0.546. The second-order valence-corrected chi connectivity index (χ2v) is 3.44. The van der Waals surface area contributed by atoms with E-state index in [4.69, 9.17) is 5.11 Å². The summed E-state index contributed by atoms with van der Waals surface area (Å²) >= 11 is 3.24. The van der Waals surface area contributed by atoms with Gasteiger partial charge in [0.15, 0.2) is 0 Å². The smallest absolute Gasteiger partial charge is 0.336 e. The highest BCUT2D eigenvalue weighted by Crippen LogP contribution is 2.30. The van der Waals surface area contributed by atoms with Gasteiger partial charge in [0, 0.05) is 7.05 Å². The quantitative estimate of drug-likeness (QED) is 0.874. The number of carbonyl (C=O) groups is 1. The maximum atomic E-state index is 10.8. The van der Waals surface area contributed by atoms with E-state index in [2.05, 4.69) is 27.8 Å². The lowest BCUT2D eigenvalue weighted by Crippen LogP contribution is -2.02. The molecule has 0 aromatic heterocycles. The van der Waals surface area contributed by atoms with Crippen LogP contribution >= 0.6 is 15.9 Å². The van der Waals surface area contributed by atoms with Crippen LogP contribution in [-0.4, -0.2) is 18.1 Å². The van der Waals surface area contributed by atoms with E-state index in [9.17, 15) is 4.79 Å². The van der Waals surface area contributed by atoms with Gasteiger partial charge in [-0.05, 0) is 27.6 Å². The molecule has 0 aliphatic rings. The fourth-order valence-electron chi connectivity index (χ4n) is 1.18. The number of anilines is 1. The Labute approximate surface area is 90.6 Å². The Morgan fingerprint density at radius 1 is 1.64 bits per heavy atom. The number of rotatable bonds is 3. The van der Waals surface area contributed by atoms with Crippen LogP contribution < -0.4 is 5.32 Å². The lowest BCUT2D eigenvalue weighted by atomic mass is 10.1. The van der Waals surface area contributed by atoms with Crippen LogP contribution in [-0.2, 0) is 0 Å². The van der Waals surface area contributed by atoms with Gasteiger partial charge in [0.25, 0.3) is 0 Å². The summed E-state index contributed by atoms with van der Waals surface area (Å²) in [4.78, 5) is 10.8. The molecule has 0 radical (unpaired) electrons. The number of nitrogens with one attached hydrogen (secondary N) is 1. The molecule has 0 amide bonds. The second kappa shape index (κ2) is 4.28. The van der Waals surface area contributed by atoms with E-state index in [1.54, 1.807) is 25.3 Å². The molecule has 0 bridgehead atoms. The van der Waals surface area contributed by atoms with E-state index < -0.39 is 5.97 Å². The molecule has 1 aromatic carbocycles. The lowest BCUT2D eigenvalue weighted by molar-refractivity contribution is 0.0696. The molecule has 0 saturated heterocycles. The molecular weight excluding hydrogens is 246 g/mol.